The molecule has 7 heteroatoms. The highest BCUT2D eigenvalue weighted by Crippen LogP contribution is 2.33. The molecule has 0 bridgehead atoms. The van der Waals surface area contributed by atoms with Crippen LogP contribution in [-0.4, -0.2) is 71.6 Å². The molecule has 4 rings (SSSR count). The molecule has 156 valence electrons. The molecule has 2 aromatic rings. The monoisotopic (exact) mass is 396 g/mol. The number of rotatable bonds is 6. The zero-order chi connectivity index (χ0) is 20.2. The molecule has 1 aliphatic heterocycles. The molecule has 7 nitrogen and oxygen atoms in total. The molecule has 29 heavy (non-hydrogen) atoms. The lowest BCUT2D eigenvalue weighted by molar-refractivity contribution is 0.205. The Morgan fingerprint density at radius 3 is 2.83 bits per heavy atom. The summed E-state index contributed by atoms with van der Waals surface area (Å²) < 4.78 is 5.69. The number of anilines is 1. The van der Waals surface area contributed by atoms with Crippen molar-refractivity contribution in [1.82, 2.24) is 24.8 Å². The minimum Gasteiger partial charge on any atom is -0.464 e. The Hall–Kier alpha value is -2.25. The van der Waals surface area contributed by atoms with Crippen LogP contribution >= 0.6 is 0 Å². The van der Waals surface area contributed by atoms with Gasteiger partial charge in [-0.3, -0.25) is 9.88 Å². The van der Waals surface area contributed by atoms with E-state index in [1.54, 1.807) is 0 Å². The van der Waals surface area contributed by atoms with Crippen molar-refractivity contribution in [3.8, 4) is 6.01 Å². The van der Waals surface area contributed by atoms with Gasteiger partial charge in [0.2, 0.25) is 0 Å². The summed E-state index contributed by atoms with van der Waals surface area (Å²) in [6.07, 6.45) is 5.38. The number of aromatic nitrogens is 3. The molecule has 3 heterocycles. The van der Waals surface area contributed by atoms with Gasteiger partial charge in [0.05, 0.1) is 24.0 Å². The molecular weight excluding hydrogens is 364 g/mol. The van der Waals surface area contributed by atoms with Gasteiger partial charge < -0.3 is 14.5 Å². The second-order valence-corrected chi connectivity index (χ2v) is 8.09. The van der Waals surface area contributed by atoms with Crippen LogP contribution in [0.3, 0.4) is 0 Å². The number of aryl methyl sites for hydroxylation is 1. The lowest BCUT2D eigenvalue weighted by atomic mass is 9.91. The Labute approximate surface area is 173 Å². The highest BCUT2D eigenvalue weighted by Gasteiger charge is 2.26. The molecular formula is C22H32N6O. The summed E-state index contributed by atoms with van der Waals surface area (Å²) >= 11 is 0. The first-order chi connectivity index (χ1) is 14.1. The number of hydrogen-bond donors (Lipinski definition) is 0. The molecule has 2 aromatic heterocycles. The van der Waals surface area contributed by atoms with E-state index in [0.29, 0.717) is 18.7 Å². The van der Waals surface area contributed by atoms with Crippen molar-refractivity contribution in [3.05, 3.63) is 41.3 Å². The molecule has 0 saturated carbocycles. The molecule has 0 spiro atoms. The van der Waals surface area contributed by atoms with Crippen LogP contribution in [0.25, 0.3) is 0 Å². The molecule has 1 atom stereocenters. The van der Waals surface area contributed by atoms with Crippen LogP contribution in [0.15, 0.2) is 24.4 Å². The van der Waals surface area contributed by atoms with Crippen molar-refractivity contribution in [2.75, 3.05) is 51.8 Å². The van der Waals surface area contributed by atoms with Crippen LogP contribution in [-0.2, 0) is 13.0 Å². The number of piperazine rings is 1. The second kappa shape index (κ2) is 9.05. The minimum absolute atomic E-state index is 0.331. The Morgan fingerprint density at radius 2 is 2.03 bits per heavy atom. The second-order valence-electron chi connectivity index (χ2n) is 8.09. The molecule has 2 aliphatic rings. The highest BCUT2D eigenvalue weighted by molar-refractivity contribution is 5.41. The minimum atomic E-state index is 0.331. The third kappa shape index (κ3) is 4.67. The lowest BCUT2D eigenvalue weighted by Gasteiger charge is -2.34. The van der Waals surface area contributed by atoms with Crippen LogP contribution < -0.4 is 9.64 Å². The maximum atomic E-state index is 5.69. The van der Waals surface area contributed by atoms with Crippen molar-refractivity contribution in [3.63, 3.8) is 0 Å². The number of ether oxygens (including phenoxy) is 1. The van der Waals surface area contributed by atoms with Gasteiger partial charge in [-0.15, -0.1) is 0 Å². The van der Waals surface area contributed by atoms with E-state index in [4.69, 9.17) is 14.7 Å². The molecule has 0 aromatic carbocycles. The van der Waals surface area contributed by atoms with Crippen molar-refractivity contribution in [2.24, 2.45) is 0 Å². The molecule has 0 N–H and O–H groups in total. The van der Waals surface area contributed by atoms with E-state index in [1.165, 1.54) is 17.7 Å². The maximum Gasteiger partial charge on any atom is 0.318 e. The molecule has 1 saturated heterocycles. The fourth-order valence-corrected chi connectivity index (χ4v) is 4.31. The van der Waals surface area contributed by atoms with E-state index in [2.05, 4.69) is 45.9 Å². The van der Waals surface area contributed by atoms with Crippen LogP contribution in [0.5, 0.6) is 6.01 Å². The number of hydrogen-bond acceptors (Lipinski definition) is 7. The van der Waals surface area contributed by atoms with E-state index < -0.39 is 0 Å². The fourth-order valence-electron chi connectivity index (χ4n) is 4.31. The van der Waals surface area contributed by atoms with Crippen molar-refractivity contribution in [2.45, 2.75) is 38.8 Å². The van der Waals surface area contributed by atoms with Gasteiger partial charge in [0.1, 0.15) is 5.82 Å². The molecule has 0 radical (unpaired) electrons. The first-order valence-corrected chi connectivity index (χ1v) is 10.7. The van der Waals surface area contributed by atoms with Gasteiger partial charge in [-0.2, -0.15) is 9.97 Å². The zero-order valence-electron chi connectivity index (χ0n) is 17.8. The number of fused-ring (bicyclic) bond motifs is 1. The van der Waals surface area contributed by atoms with Crippen molar-refractivity contribution >= 4 is 5.82 Å². The average Bonchev–Trinajstić information content (AvgIpc) is 2.74. The summed E-state index contributed by atoms with van der Waals surface area (Å²) in [5.74, 6) is 0.974. The fraction of sp³-hybridized carbons (Fsp3) is 0.591. The van der Waals surface area contributed by atoms with Crippen LogP contribution in [0.4, 0.5) is 5.82 Å². The molecule has 1 aliphatic carbocycles. The zero-order valence-corrected chi connectivity index (χ0v) is 17.8. The van der Waals surface area contributed by atoms with Crippen molar-refractivity contribution in [1.29, 1.82) is 0 Å². The quantitative estimate of drug-likeness (QED) is 0.744. The summed E-state index contributed by atoms with van der Waals surface area (Å²) in [6.45, 7) is 7.36. The van der Waals surface area contributed by atoms with Gasteiger partial charge in [0.15, 0.2) is 0 Å². The van der Waals surface area contributed by atoms with E-state index in [-0.39, 0.29) is 0 Å². The number of likely N-dealkylation sites (N-methyl/N-ethyl adjacent to an activating group) is 1. The normalized spacial score (nSPS) is 20.0. The summed E-state index contributed by atoms with van der Waals surface area (Å²) in [4.78, 5) is 21.1. The average molecular weight is 397 g/mol. The third-order valence-corrected chi connectivity index (χ3v) is 5.95. The van der Waals surface area contributed by atoms with Gasteiger partial charge in [-0.05, 0) is 51.9 Å². The third-order valence-electron chi connectivity index (χ3n) is 5.95. The predicted molar refractivity (Wildman–Crippen MR) is 114 cm³/mol. The summed E-state index contributed by atoms with van der Waals surface area (Å²) in [5.41, 5.74) is 3.61. The Morgan fingerprint density at radius 1 is 1.21 bits per heavy atom. The maximum absolute atomic E-state index is 5.69. The topological polar surface area (TPSA) is 57.6 Å². The van der Waals surface area contributed by atoms with Gasteiger partial charge in [0.25, 0.3) is 0 Å². The molecule has 1 fully saturated rings. The number of nitrogens with zero attached hydrogens (tertiary/aromatic N) is 6. The van der Waals surface area contributed by atoms with E-state index in [0.717, 1.165) is 57.1 Å². The van der Waals surface area contributed by atoms with Crippen molar-refractivity contribution < 1.29 is 4.74 Å². The van der Waals surface area contributed by atoms with E-state index in [1.807, 2.05) is 19.2 Å². The standard InChI is InChI=1S/C22H32N6O/c1-4-29-22-24-18(15-20(25-22)28-13-11-26(2)12-14-28)16-27(3)19-9-5-7-17-8-6-10-23-21(17)19/h6,8,10,15,19H,4-5,7,9,11-14,16H2,1-3H3. The molecule has 0 amide bonds. The first kappa shape index (κ1) is 20.0. The van der Waals surface area contributed by atoms with Crippen LogP contribution in [0.2, 0.25) is 0 Å². The van der Waals surface area contributed by atoms with Gasteiger partial charge >= 0.3 is 6.01 Å². The summed E-state index contributed by atoms with van der Waals surface area (Å²) in [5, 5.41) is 0. The van der Waals surface area contributed by atoms with Gasteiger partial charge in [0, 0.05) is 45.0 Å². The Balaban J connectivity index is 1.54. The van der Waals surface area contributed by atoms with Crippen LogP contribution in [0, 0.1) is 0 Å². The smallest absolute Gasteiger partial charge is 0.318 e. The van der Waals surface area contributed by atoms with E-state index >= 15 is 0 Å². The first-order valence-electron chi connectivity index (χ1n) is 10.7. The van der Waals surface area contributed by atoms with E-state index in [9.17, 15) is 0 Å². The summed E-state index contributed by atoms with van der Waals surface area (Å²) in [7, 11) is 4.34. The Kier molecular flexibility index (Phi) is 6.25. The van der Waals surface area contributed by atoms with Gasteiger partial charge in [-0.1, -0.05) is 6.07 Å². The predicted octanol–water partition coefficient (Wildman–Crippen LogP) is 2.53. The lowest BCUT2D eigenvalue weighted by Crippen LogP contribution is -2.45. The Bertz CT molecular complexity index is 821. The highest BCUT2D eigenvalue weighted by atomic mass is 16.5. The molecule has 1 unspecified atom stereocenters. The van der Waals surface area contributed by atoms with Gasteiger partial charge in [-0.25, -0.2) is 0 Å². The largest absolute Gasteiger partial charge is 0.464 e. The van der Waals surface area contributed by atoms with Crippen LogP contribution in [0.1, 0.15) is 42.8 Å². The summed E-state index contributed by atoms with van der Waals surface area (Å²) in [6, 6.07) is 7.20. The number of pyridine rings is 1. The SMILES string of the molecule is CCOc1nc(CN(C)C2CCCc3cccnc32)cc(N2CCN(C)CC2)n1.